The van der Waals surface area contributed by atoms with E-state index in [1.807, 2.05) is 18.6 Å². The largest absolute Gasteiger partial charge is 0.317 e. The Morgan fingerprint density at radius 3 is 2.65 bits per heavy atom. The first-order chi connectivity index (χ1) is 12.2. The molecular formula is C19H31ClN6. The van der Waals surface area contributed by atoms with Crippen molar-refractivity contribution < 1.29 is 0 Å². The fraction of sp³-hybridized carbons (Fsp3) is 0.632. The van der Waals surface area contributed by atoms with Gasteiger partial charge in [0.2, 0.25) is 0 Å². The molecule has 0 radical (unpaired) electrons. The molecule has 7 heteroatoms. The van der Waals surface area contributed by atoms with Crippen molar-refractivity contribution in [1.29, 1.82) is 0 Å². The molecule has 1 aliphatic heterocycles. The summed E-state index contributed by atoms with van der Waals surface area (Å²) in [6.45, 7) is 9.46. The van der Waals surface area contributed by atoms with Gasteiger partial charge in [-0.1, -0.05) is 13.8 Å². The summed E-state index contributed by atoms with van der Waals surface area (Å²) in [6, 6.07) is 0.587. The number of halogens is 1. The van der Waals surface area contributed by atoms with Crippen molar-refractivity contribution in [2.24, 2.45) is 5.92 Å². The zero-order chi connectivity index (χ0) is 17.5. The Balaban J connectivity index is 0.00000243. The molecule has 2 aromatic rings. The van der Waals surface area contributed by atoms with Crippen LogP contribution in [0.2, 0.25) is 0 Å². The molecular weight excluding hydrogens is 348 g/mol. The summed E-state index contributed by atoms with van der Waals surface area (Å²) in [5.74, 6) is 0.609. The summed E-state index contributed by atoms with van der Waals surface area (Å²) < 4.78 is 2.07. The Bertz CT molecular complexity index is 622. The molecule has 1 saturated heterocycles. The van der Waals surface area contributed by atoms with Crippen molar-refractivity contribution >= 4 is 12.4 Å². The van der Waals surface area contributed by atoms with E-state index in [1.54, 1.807) is 6.33 Å². The number of nitrogens with zero attached hydrogens (tertiary/aromatic N) is 5. The standard InChI is InChI=1S/C19H30N6.ClH/c1-16(2)11-25-14-18(10-23-25)13-24(12-17-8-21-15-22-9-17)19-4-3-6-20-7-5-19;/h8-10,14-16,19-20H,3-7,11-13H2,1-2H3;1H. The molecule has 1 unspecified atom stereocenters. The molecule has 0 spiro atoms. The maximum atomic E-state index is 4.53. The van der Waals surface area contributed by atoms with E-state index in [0.29, 0.717) is 12.0 Å². The summed E-state index contributed by atoms with van der Waals surface area (Å²) in [4.78, 5) is 10.9. The van der Waals surface area contributed by atoms with Crippen molar-refractivity contribution in [2.45, 2.75) is 58.8 Å². The zero-order valence-electron chi connectivity index (χ0n) is 15.8. The van der Waals surface area contributed by atoms with Gasteiger partial charge in [-0.05, 0) is 38.3 Å². The average Bonchev–Trinajstić information content (AvgIpc) is 2.85. The Morgan fingerprint density at radius 1 is 1.12 bits per heavy atom. The van der Waals surface area contributed by atoms with Crippen LogP contribution in [0.5, 0.6) is 0 Å². The number of rotatable bonds is 7. The van der Waals surface area contributed by atoms with Gasteiger partial charge in [-0.15, -0.1) is 12.4 Å². The van der Waals surface area contributed by atoms with Crippen LogP contribution in [0.3, 0.4) is 0 Å². The topological polar surface area (TPSA) is 58.9 Å². The lowest BCUT2D eigenvalue weighted by Crippen LogP contribution is -2.35. The van der Waals surface area contributed by atoms with Gasteiger partial charge in [-0.2, -0.15) is 5.10 Å². The Kier molecular flexibility index (Phi) is 8.48. The van der Waals surface area contributed by atoms with Gasteiger partial charge in [0.05, 0.1) is 6.20 Å². The third kappa shape index (κ3) is 6.34. The lowest BCUT2D eigenvalue weighted by atomic mass is 10.1. The highest BCUT2D eigenvalue weighted by atomic mass is 35.5. The summed E-state index contributed by atoms with van der Waals surface area (Å²) in [7, 11) is 0. The maximum absolute atomic E-state index is 4.53. The molecule has 6 nitrogen and oxygen atoms in total. The van der Waals surface area contributed by atoms with Gasteiger partial charge in [0.1, 0.15) is 6.33 Å². The van der Waals surface area contributed by atoms with Gasteiger partial charge in [-0.25, -0.2) is 9.97 Å². The van der Waals surface area contributed by atoms with Crippen molar-refractivity contribution in [3.63, 3.8) is 0 Å². The predicted octanol–water partition coefficient (Wildman–Crippen LogP) is 2.90. The normalized spacial score (nSPS) is 17.9. The van der Waals surface area contributed by atoms with E-state index in [1.165, 1.54) is 30.4 Å². The summed E-state index contributed by atoms with van der Waals surface area (Å²) in [5.41, 5.74) is 2.46. The molecule has 26 heavy (non-hydrogen) atoms. The molecule has 1 atom stereocenters. The molecule has 0 saturated carbocycles. The second-order valence-electron chi connectivity index (χ2n) is 7.45. The lowest BCUT2D eigenvalue weighted by Gasteiger charge is -2.30. The smallest absolute Gasteiger partial charge is 0.115 e. The first kappa shape index (κ1) is 20.8. The third-order valence-electron chi connectivity index (χ3n) is 4.69. The van der Waals surface area contributed by atoms with E-state index in [-0.39, 0.29) is 12.4 Å². The van der Waals surface area contributed by atoms with E-state index >= 15 is 0 Å². The maximum Gasteiger partial charge on any atom is 0.115 e. The monoisotopic (exact) mass is 378 g/mol. The molecule has 0 aromatic carbocycles. The van der Waals surface area contributed by atoms with Crippen molar-refractivity contribution in [3.05, 3.63) is 42.2 Å². The van der Waals surface area contributed by atoms with Crippen molar-refractivity contribution in [3.8, 4) is 0 Å². The second kappa shape index (κ2) is 10.6. The van der Waals surface area contributed by atoms with E-state index in [4.69, 9.17) is 0 Å². The highest BCUT2D eigenvalue weighted by Crippen LogP contribution is 2.19. The van der Waals surface area contributed by atoms with Crippen molar-refractivity contribution in [2.75, 3.05) is 13.1 Å². The average molecular weight is 379 g/mol. The van der Waals surface area contributed by atoms with Crippen molar-refractivity contribution in [1.82, 2.24) is 30.0 Å². The molecule has 3 heterocycles. The highest BCUT2D eigenvalue weighted by Gasteiger charge is 2.21. The van der Waals surface area contributed by atoms with Gasteiger partial charge in [0.25, 0.3) is 0 Å². The van der Waals surface area contributed by atoms with Crippen LogP contribution in [0.1, 0.15) is 44.2 Å². The van der Waals surface area contributed by atoms with E-state index in [2.05, 4.69) is 50.0 Å². The Labute approximate surface area is 162 Å². The molecule has 2 aromatic heterocycles. The van der Waals surface area contributed by atoms with Crippen LogP contribution < -0.4 is 5.32 Å². The minimum atomic E-state index is 0. The van der Waals surface area contributed by atoms with E-state index in [9.17, 15) is 0 Å². The molecule has 0 bridgehead atoms. The number of nitrogens with one attached hydrogen (secondary N) is 1. The highest BCUT2D eigenvalue weighted by molar-refractivity contribution is 5.85. The second-order valence-corrected chi connectivity index (χ2v) is 7.45. The molecule has 3 rings (SSSR count). The van der Waals surface area contributed by atoms with Gasteiger partial charge >= 0.3 is 0 Å². The molecule has 1 fully saturated rings. The van der Waals surface area contributed by atoms with Gasteiger partial charge < -0.3 is 5.32 Å². The van der Waals surface area contributed by atoms with Crippen LogP contribution in [-0.2, 0) is 19.6 Å². The van der Waals surface area contributed by atoms with Crippen LogP contribution in [0.4, 0.5) is 0 Å². The van der Waals surface area contributed by atoms with E-state index < -0.39 is 0 Å². The van der Waals surface area contributed by atoms with Gasteiger partial charge in [0, 0.05) is 55.4 Å². The SMILES string of the molecule is CC(C)Cn1cc(CN(Cc2cncnc2)C2CCCNCC2)cn1.Cl. The fourth-order valence-electron chi connectivity index (χ4n) is 3.52. The predicted molar refractivity (Wildman–Crippen MR) is 106 cm³/mol. The summed E-state index contributed by atoms with van der Waals surface area (Å²) in [6.07, 6.45) is 13.3. The minimum absolute atomic E-state index is 0. The Morgan fingerprint density at radius 2 is 1.88 bits per heavy atom. The van der Waals surface area contributed by atoms with Crippen LogP contribution >= 0.6 is 12.4 Å². The third-order valence-corrected chi connectivity index (χ3v) is 4.69. The molecule has 144 valence electrons. The van der Waals surface area contributed by atoms with Crippen LogP contribution in [0.25, 0.3) is 0 Å². The number of hydrogen-bond donors (Lipinski definition) is 1. The van der Waals surface area contributed by atoms with E-state index in [0.717, 1.165) is 32.7 Å². The van der Waals surface area contributed by atoms with Crippen LogP contribution in [0, 0.1) is 5.92 Å². The zero-order valence-corrected chi connectivity index (χ0v) is 16.7. The number of hydrogen-bond acceptors (Lipinski definition) is 5. The van der Waals surface area contributed by atoms with Crippen LogP contribution in [0.15, 0.2) is 31.1 Å². The lowest BCUT2D eigenvalue weighted by molar-refractivity contribution is 0.164. The minimum Gasteiger partial charge on any atom is -0.317 e. The summed E-state index contributed by atoms with van der Waals surface area (Å²) >= 11 is 0. The number of aromatic nitrogens is 4. The summed E-state index contributed by atoms with van der Waals surface area (Å²) in [5, 5.41) is 8.05. The molecule has 1 N–H and O–H groups in total. The fourth-order valence-corrected chi connectivity index (χ4v) is 3.52. The molecule has 1 aliphatic rings. The molecule has 0 aliphatic carbocycles. The Hall–Kier alpha value is -1.50. The van der Waals surface area contributed by atoms with Crippen LogP contribution in [-0.4, -0.2) is 43.8 Å². The molecule has 0 amide bonds. The first-order valence-electron chi connectivity index (χ1n) is 9.40. The van der Waals surface area contributed by atoms with Gasteiger partial charge in [-0.3, -0.25) is 9.58 Å². The quantitative estimate of drug-likeness (QED) is 0.802. The van der Waals surface area contributed by atoms with Gasteiger partial charge in [0.15, 0.2) is 0 Å². The first-order valence-corrected chi connectivity index (χ1v) is 9.40.